The minimum Gasteiger partial charge on any atom is -0.286 e. The Bertz CT molecular complexity index is 221. The number of hydrogen-bond donors (Lipinski definition) is 0. The monoisotopic (exact) mass is 180 g/mol. The van der Waals surface area contributed by atoms with Crippen LogP contribution in [0.15, 0.2) is 0 Å². The average Bonchev–Trinajstić information content (AvgIpc) is 2.87. The van der Waals surface area contributed by atoms with Gasteiger partial charge in [-0.3, -0.25) is 4.90 Å². The van der Waals surface area contributed by atoms with Crippen LogP contribution in [-0.2, 0) is 0 Å². The van der Waals surface area contributed by atoms with E-state index in [4.69, 9.17) is 0 Å². The molecule has 74 valence electrons. The smallest absolute Gasteiger partial charge is 0.111 e. The minimum absolute atomic E-state index is 0.244. The van der Waals surface area contributed by atoms with Crippen molar-refractivity contribution in [2.45, 2.75) is 46.1 Å². The molecule has 0 aromatic carbocycles. The van der Waals surface area contributed by atoms with Gasteiger partial charge in [0.1, 0.15) is 5.54 Å². The molecule has 0 amide bonds. The summed E-state index contributed by atoms with van der Waals surface area (Å²) < 4.78 is 0. The minimum atomic E-state index is -0.253. The van der Waals surface area contributed by atoms with Crippen LogP contribution in [0, 0.1) is 16.7 Å². The van der Waals surface area contributed by atoms with Gasteiger partial charge in [0, 0.05) is 0 Å². The zero-order valence-electron chi connectivity index (χ0n) is 9.22. The van der Waals surface area contributed by atoms with Crippen molar-refractivity contribution in [3.8, 4) is 6.07 Å². The summed E-state index contributed by atoms with van der Waals surface area (Å²) >= 11 is 0. The van der Waals surface area contributed by atoms with Crippen LogP contribution in [0.2, 0.25) is 0 Å². The second-order valence-electron chi connectivity index (χ2n) is 4.42. The van der Waals surface area contributed by atoms with E-state index in [1.54, 1.807) is 0 Å². The van der Waals surface area contributed by atoms with Gasteiger partial charge in [-0.05, 0) is 38.3 Å². The zero-order chi connectivity index (χ0) is 10.1. The Morgan fingerprint density at radius 3 is 2.08 bits per heavy atom. The molecule has 0 radical (unpaired) electrons. The Morgan fingerprint density at radius 2 is 1.85 bits per heavy atom. The normalized spacial score (nSPS) is 23.7. The molecule has 0 saturated heterocycles. The van der Waals surface area contributed by atoms with Crippen molar-refractivity contribution >= 4 is 0 Å². The summed E-state index contributed by atoms with van der Waals surface area (Å²) in [6.45, 7) is 10.5. The molecule has 1 atom stereocenters. The number of hydrogen-bond acceptors (Lipinski definition) is 2. The first kappa shape index (κ1) is 10.5. The van der Waals surface area contributed by atoms with Gasteiger partial charge in [0.05, 0.1) is 6.07 Å². The molecule has 1 aliphatic carbocycles. The molecule has 1 aliphatic rings. The van der Waals surface area contributed by atoms with Crippen LogP contribution in [0.1, 0.15) is 40.5 Å². The van der Waals surface area contributed by atoms with Crippen molar-refractivity contribution in [2.75, 3.05) is 13.1 Å². The van der Waals surface area contributed by atoms with E-state index in [2.05, 4.69) is 38.7 Å². The van der Waals surface area contributed by atoms with Crippen LogP contribution < -0.4 is 0 Å². The standard InChI is InChI=1S/C11H20N2/c1-5-13(6-2)11(4,9-12)10(3)7-8-10/h5-8H2,1-4H3. The quantitative estimate of drug-likeness (QED) is 0.664. The van der Waals surface area contributed by atoms with E-state index < -0.39 is 0 Å². The lowest BCUT2D eigenvalue weighted by atomic mass is 9.83. The van der Waals surface area contributed by atoms with Crippen LogP contribution in [0.5, 0.6) is 0 Å². The summed E-state index contributed by atoms with van der Waals surface area (Å²) in [4.78, 5) is 2.28. The van der Waals surface area contributed by atoms with Crippen LogP contribution in [0.3, 0.4) is 0 Å². The Balaban J connectivity index is 2.87. The Hall–Kier alpha value is -0.550. The Morgan fingerprint density at radius 1 is 1.38 bits per heavy atom. The summed E-state index contributed by atoms with van der Waals surface area (Å²) in [6, 6.07) is 2.51. The van der Waals surface area contributed by atoms with Gasteiger partial charge in [0.2, 0.25) is 0 Å². The van der Waals surface area contributed by atoms with Gasteiger partial charge in [0.15, 0.2) is 0 Å². The highest BCUT2D eigenvalue weighted by atomic mass is 15.2. The molecule has 13 heavy (non-hydrogen) atoms. The Kier molecular flexibility index (Phi) is 2.68. The van der Waals surface area contributed by atoms with Crippen LogP contribution in [-0.4, -0.2) is 23.5 Å². The third-order valence-corrected chi connectivity index (χ3v) is 3.79. The van der Waals surface area contributed by atoms with Gasteiger partial charge in [-0.1, -0.05) is 20.8 Å². The lowest BCUT2D eigenvalue weighted by molar-refractivity contribution is 0.101. The number of rotatable bonds is 4. The maximum Gasteiger partial charge on any atom is 0.111 e. The van der Waals surface area contributed by atoms with Gasteiger partial charge in [-0.25, -0.2) is 0 Å². The molecule has 0 N–H and O–H groups in total. The molecule has 0 heterocycles. The molecule has 0 aromatic heterocycles. The van der Waals surface area contributed by atoms with Gasteiger partial charge in [-0.15, -0.1) is 0 Å². The zero-order valence-corrected chi connectivity index (χ0v) is 9.22. The fourth-order valence-corrected chi connectivity index (χ4v) is 2.12. The first-order chi connectivity index (χ1) is 6.04. The first-order valence-electron chi connectivity index (χ1n) is 5.20. The molecule has 1 unspecified atom stereocenters. The molecule has 1 fully saturated rings. The molecule has 2 nitrogen and oxygen atoms in total. The van der Waals surface area contributed by atoms with Crippen molar-refractivity contribution in [1.82, 2.24) is 4.90 Å². The topological polar surface area (TPSA) is 27.0 Å². The van der Waals surface area contributed by atoms with Crippen LogP contribution in [0.4, 0.5) is 0 Å². The molecule has 0 bridgehead atoms. The van der Waals surface area contributed by atoms with E-state index in [0.717, 1.165) is 13.1 Å². The predicted octanol–water partition coefficient (Wildman–Crippen LogP) is 2.41. The summed E-state index contributed by atoms with van der Waals surface area (Å²) in [5, 5.41) is 9.30. The van der Waals surface area contributed by atoms with Gasteiger partial charge in [-0.2, -0.15) is 5.26 Å². The third kappa shape index (κ3) is 1.46. The fraction of sp³-hybridized carbons (Fsp3) is 0.909. The largest absolute Gasteiger partial charge is 0.286 e. The molecule has 0 spiro atoms. The van der Waals surface area contributed by atoms with Crippen molar-refractivity contribution in [1.29, 1.82) is 5.26 Å². The average molecular weight is 180 g/mol. The predicted molar refractivity (Wildman–Crippen MR) is 54.3 cm³/mol. The molecule has 1 rings (SSSR count). The second-order valence-corrected chi connectivity index (χ2v) is 4.42. The van der Waals surface area contributed by atoms with Crippen molar-refractivity contribution in [3.63, 3.8) is 0 Å². The van der Waals surface area contributed by atoms with E-state index in [1.165, 1.54) is 12.8 Å². The third-order valence-electron chi connectivity index (χ3n) is 3.79. The summed E-state index contributed by atoms with van der Waals surface area (Å²) in [5.41, 5.74) is -0.00965. The molecule has 1 saturated carbocycles. The summed E-state index contributed by atoms with van der Waals surface area (Å²) in [5.74, 6) is 0. The molecule has 2 heteroatoms. The summed E-state index contributed by atoms with van der Waals surface area (Å²) in [7, 11) is 0. The highest BCUT2D eigenvalue weighted by molar-refractivity contribution is 5.19. The van der Waals surface area contributed by atoms with Gasteiger partial charge >= 0.3 is 0 Å². The van der Waals surface area contributed by atoms with Crippen molar-refractivity contribution < 1.29 is 0 Å². The maximum atomic E-state index is 9.30. The van der Waals surface area contributed by atoms with Crippen molar-refractivity contribution in [2.24, 2.45) is 5.41 Å². The highest BCUT2D eigenvalue weighted by Crippen LogP contribution is 2.55. The highest BCUT2D eigenvalue weighted by Gasteiger charge is 2.55. The van der Waals surface area contributed by atoms with E-state index in [0.29, 0.717) is 0 Å². The number of nitrogens with zero attached hydrogens (tertiary/aromatic N) is 2. The van der Waals surface area contributed by atoms with E-state index in [9.17, 15) is 5.26 Å². The van der Waals surface area contributed by atoms with E-state index >= 15 is 0 Å². The van der Waals surface area contributed by atoms with Crippen LogP contribution in [0.25, 0.3) is 0 Å². The lowest BCUT2D eigenvalue weighted by Crippen LogP contribution is -2.50. The van der Waals surface area contributed by atoms with E-state index in [1.807, 2.05) is 0 Å². The summed E-state index contributed by atoms with van der Waals surface area (Å²) in [6.07, 6.45) is 2.40. The lowest BCUT2D eigenvalue weighted by Gasteiger charge is -2.39. The van der Waals surface area contributed by atoms with Crippen molar-refractivity contribution in [3.05, 3.63) is 0 Å². The van der Waals surface area contributed by atoms with Gasteiger partial charge in [0.25, 0.3) is 0 Å². The van der Waals surface area contributed by atoms with Crippen LogP contribution >= 0.6 is 0 Å². The molecular formula is C11H20N2. The SMILES string of the molecule is CCN(CC)C(C)(C#N)C1(C)CC1. The molecule has 0 aliphatic heterocycles. The van der Waals surface area contributed by atoms with Gasteiger partial charge < -0.3 is 0 Å². The second kappa shape index (κ2) is 3.31. The first-order valence-corrected chi connectivity index (χ1v) is 5.20. The maximum absolute atomic E-state index is 9.30. The fourth-order valence-electron chi connectivity index (χ4n) is 2.12. The molecular weight excluding hydrogens is 160 g/mol. The Labute approximate surface area is 81.5 Å². The molecule has 0 aromatic rings. The number of nitriles is 1. The van der Waals surface area contributed by atoms with E-state index in [-0.39, 0.29) is 11.0 Å².